The van der Waals surface area contributed by atoms with Crippen molar-refractivity contribution < 1.29 is 14.1 Å². The molecule has 1 aromatic rings. The predicted octanol–water partition coefficient (Wildman–Crippen LogP) is 0.855. The number of carbonyl (C=O) groups is 1. The second-order valence-electron chi connectivity index (χ2n) is 2.55. The van der Waals surface area contributed by atoms with Crippen molar-refractivity contribution in [2.75, 3.05) is 0 Å². The van der Waals surface area contributed by atoms with Crippen LogP contribution in [0.25, 0.3) is 6.08 Å². The van der Waals surface area contributed by atoms with E-state index in [2.05, 4.69) is 5.10 Å². The van der Waals surface area contributed by atoms with E-state index < -0.39 is 11.0 Å². The van der Waals surface area contributed by atoms with Crippen LogP contribution in [0.1, 0.15) is 5.76 Å². The zero-order chi connectivity index (χ0) is 12.0. The van der Waals surface area contributed by atoms with Gasteiger partial charge in [0.05, 0.1) is 6.07 Å². The Labute approximate surface area is 89.6 Å². The highest BCUT2D eigenvalue weighted by molar-refractivity contribution is 5.79. The first kappa shape index (κ1) is 11.4. The minimum absolute atomic E-state index is 0.303. The van der Waals surface area contributed by atoms with Crippen LogP contribution in [0.5, 0.6) is 0 Å². The molecule has 8 heteroatoms. The molecule has 0 saturated carbocycles. The standard InChI is InChI=1S/C8H8N4O4/c9-8(13)11-10-5-1-2-6-3-4-7(16-6)12(14)15/h1-5H,(H3,9,11,13)/b2-1+,10-5+. The van der Waals surface area contributed by atoms with Gasteiger partial charge in [-0.05, 0) is 18.2 Å². The molecule has 3 N–H and O–H groups in total. The Morgan fingerprint density at radius 1 is 1.62 bits per heavy atom. The molecule has 16 heavy (non-hydrogen) atoms. The number of urea groups is 1. The summed E-state index contributed by atoms with van der Waals surface area (Å²) in [4.78, 5) is 19.8. The van der Waals surface area contributed by atoms with Crippen molar-refractivity contribution in [3.05, 3.63) is 34.1 Å². The van der Waals surface area contributed by atoms with E-state index >= 15 is 0 Å². The topological polar surface area (TPSA) is 124 Å². The van der Waals surface area contributed by atoms with Gasteiger partial charge in [-0.3, -0.25) is 10.1 Å². The number of carbonyl (C=O) groups excluding carboxylic acids is 1. The molecule has 2 amide bonds. The normalized spacial score (nSPS) is 11.0. The third-order valence-electron chi connectivity index (χ3n) is 1.39. The lowest BCUT2D eigenvalue weighted by Crippen LogP contribution is -2.24. The second kappa shape index (κ2) is 5.29. The molecule has 0 saturated heterocycles. The molecule has 0 atom stereocenters. The van der Waals surface area contributed by atoms with Crippen LogP contribution in [-0.2, 0) is 0 Å². The summed E-state index contributed by atoms with van der Waals surface area (Å²) < 4.78 is 4.81. The van der Waals surface area contributed by atoms with Crippen molar-refractivity contribution in [3.8, 4) is 0 Å². The monoisotopic (exact) mass is 224 g/mol. The van der Waals surface area contributed by atoms with E-state index in [1.807, 2.05) is 5.43 Å². The number of hydrazone groups is 1. The van der Waals surface area contributed by atoms with Crippen LogP contribution in [0.3, 0.4) is 0 Å². The molecule has 84 valence electrons. The molecule has 1 heterocycles. The highest BCUT2D eigenvalue weighted by atomic mass is 16.6. The Morgan fingerprint density at radius 3 is 2.94 bits per heavy atom. The quantitative estimate of drug-likeness (QED) is 0.447. The zero-order valence-corrected chi connectivity index (χ0v) is 7.99. The maximum Gasteiger partial charge on any atom is 0.433 e. The number of nitrogens with one attached hydrogen (secondary N) is 1. The third kappa shape index (κ3) is 3.62. The van der Waals surface area contributed by atoms with Gasteiger partial charge in [-0.1, -0.05) is 0 Å². The van der Waals surface area contributed by atoms with Gasteiger partial charge in [-0.25, -0.2) is 10.2 Å². The van der Waals surface area contributed by atoms with Crippen molar-refractivity contribution in [1.82, 2.24) is 5.43 Å². The van der Waals surface area contributed by atoms with E-state index in [4.69, 9.17) is 10.2 Å². The van der Waals surface area contributed by atoms with Gasteiger partial charge in [0.1, 0.15) is 10.7 Å². The summed E-state index contributed by atoms with van der Waals surface area (Å²) in [5.41, 5.74) is 6.71. The van der Waals surface area contributed by atoms with Crippen molar-refractivity contribution in [1.29, 1.82) is 0 Å². The summed E-state index contributed by atoms with van der Waals surface area (Å²) in [7, 11) is 0. The number of nitrogens with zero attached hydrogens (tertiary/aromatic N) is 2. The van der Waals surface area contributed by atoms with E-state index in [1.165, 1.54) is 30.5 Å². The molecule has 1 rings (SSSR count). The summed E-state index contributed by atoms with van der Waals surface area (Å²) >= 11 is 0. The summed E-state index contributed by atoms with van der Waals surface area (Å²) in [5.74, 6) is -0.0379. The maximum absolute atomic E-state index is 10.3. The number of amides is 2. The molecule has 1 aromatic heterocycles. The van der Waals surface area contributed by atoms with E-state index in [0.29, 0.717) is 5.76 Å². The van der Waals surface area contributed by atoms with Gasteiger partial charge in [-0.2, -0.15) is 5.10 Å². The number of hydrogen-bond donors (Lipinski definition) is 2. The highest BCUT2D eigenvalue weighted by Gasteiger charge is 2.09. The largest absolute Gasteiger partial charge is 0.433 e. The van der Waals surface area contributed by atoms with Gasteiger partial charge in [0.2, 0.25) is 0 Å². The zero-order valence-electron chi connectivity index (χ0n) is 7.99. The van der Waals surface area contributed by atoms with Crippen molar-refractivity contribution in [3.63, 3.8) is 0 Å². The molecule has 0 spiro atoms. The van der Waals surface area contributed by atoms with E-state index in [9.17, 15) is 14.9 Å². The average molecular weight is 224 g/mol. The Balaban J connectivity index is 2.53. The molecule has 0 unspecified atom stereocenters. The SMILES string of the molecule is NC(=O)N/N=C/C=C/c1ccc([N+](=O)[O-])o1. The Morgan fingerprint density at radius 2 is 2.38 bits per heavy atom. The molecule has 0 aliphatic heterocycles. The van der Waals surface area contributed by atoms with Gasteiger partial charge in [-0.15, -0.1) is 0 Å². The van der Waals surface area contributed by atoms with Gasteiger partial charge < -0.3 is 10.2 Å². The minimum Gasteiger partial charge on any atom is -0.401 e. The lowest BCUT2D eigenvalue weighted by molar-refractivity contribution is -0.402. The summed E-state index contributed by atoms with van der Waals surface area (Å²) in [6.07, 6.45) is 4.12. The van der Waals surface area contributed by atoms with Crippen molar-refractivity contribution >= 4 is 24.2 Å². The van der Waals surface area contributed by atoms with Crippen LogP contribution in [0.15, 0.2) is 27.7 Å². The first-order valence-electron chi connectivity index (χ1n) is 4.09. The van der Waals surface area contributed by atoms with Crippen LogP contribution in [-0.4, -0.2) is 17.2 Å². The fraction of sp³-hybridized carbons (Fsp3) is 0. The number of allylic oxidation sites excluding steroid dienone is 1. The van der Waals surface area contributed by atoms with Crippen molar-refractivity contribution in [2.24, 2.45) is 10.8 Å². The fourth-order valence-electron chi connectivity index (χ4n) is 0.812. The summed E-state index contributed by atoms with van der Waals surface area (Å²) in [6, 6.07) is 1.89. The Kier molecular flexibility index (Phi) is 3.78. The summed E-state index contributed by atoms with van der Waals surface area (Å²) in [6.45, 7) is 0. The van der Waals surface area contributed by atoms with Gasteiger partial charge in [0.15, 0.2) is 0 Å². The number of rotatable bonds is 4. The van der Waals surface area contributed by atoms with Gasteiger partial charge >= 0.3 is 11.9 Å². The minimum atomic E-state index is -0.779. The predicted molar refractivity (Wildman–Crippen MR) is 55.6 cm³/mol. The van der Waals surface area contributed by atoms with E-state index in [-0.39, 0.29) is 5.88 Å². The molecular weight excluding hydrogens is 216 g/mol. The molecule has 8 nitrogen and oxygen atoms in total. The molecule has 0 radical (unpaired) electrons. The third-order valence-corrected chi connectivity index (χ3v) is 1.39. The number of hydrogen-bond acceptors (Lipinski definition) is 5. The highest BCUT2D eigenvalue weighted by Crippen LogP contribution is 2.16. The molecule has 0 aromatic carbocycles. The molecular formula is C8H8N4O4. The molecule has 0 aliphatic rings. The number of nitrogens with two attached hydrogens (primary N) is 1. The Bertz CT molecular complexity index is 449. The molecule has 0 aliphatic carbocycles. The van der Waals surface area contributed by atoms with Crippen LogP contribution < -0.4 is 11.2 Å². The van der Waals surface area contributed by atoms with Crippen molar-refractivity contribution in [2.45, 2.75) is 0 Å². The van der Waals surface area contributed by atoms with Gasteiger partial charge in [0, 0.05) is 6.21 Å². The molecule has 0 fully saturated rings. The second-order valence-corrected chi connectivity index (χ2v) is 2.55. The maximum atomic E-state index is 10.3. The summed E-state index contributed by atoms with van der Waals surface area (Å²) in [5, 5.41) is 13.7. The number of nitro groups is 1. The number of furan rings is 1. The van der Waals surface area contributed by atoms with Crippen LogP contribution >= 0.6 is 0 Å². The van der Waals surface area contributed by atoms with Crippen LogP contribution in [0, 0.1) is 10.1 Å². The smallest absolute Gasteiger partial charge is 0.401 e. The number of primary amides is 1. The Hall–Kier alpha value is -2.64. The lowest BCUT2D eigenvalue weighted by atomic mass is 10.4. The van der Waals surface area contributed by atoms with Gasteiger partial charge in [0.25, 0.3) is 0 Å². The fourth-order valence-corrected chi connectivity index (χ4v) is 0.812. The van der Waals surface area contributed by atoms with Crippen LogP contribution in [0.2, 0.25) is 0 Å². The lowest BCUT2D eigenvalue weighted by Gasteiger charge is -1.86. The van der Waals surface area contributed by atoms with E-state index in [1.54, 1.807) is 0 Å². The van der Waals surface area contributed by atoms with Crippen LogP contribution in [0.4, 0.5) is 10.7 Å². The molecule has 0 bridgehead atoms. The first-order valence-corrected chi connectivity index (χ1v) is 4.09. The van der Waals surface area contributed by atoms with E-state index in [0.717, 1.165) is 0 Å². The average Bonchev–Trinajstić information content (AvgIpc) is 2.65. The first-order chi connectivity index (χ1) is 7.59.